The molecule has 0 spiro atoms. The molecule has 5 nitrogen and oxygen atoms in total. The van der Waals surface area contributed by atoms with Crippen LogP contribution in [0.4, 0.5) is 11.4 Å². The molecular weight excluding hydrogens is 276 g/mol. The van der Waals surface area contributed by atoms with Crippen molar-refractivity contribution in [1.82, 2.24) is 0 Å². The summed E-state index contributed by atoms with van der Waals surface area (Å²) in [6.07, 6.45) is 0.548. The summed E-state index contributed by atoms with van der Waals surface area (Å²) < 4.78 is 31.6. The fourth-order valence-electron chi connectivity index (χ4n) is 1.88. The minimum Gasteiger partial charge on any atom is -0.492 e. The first-order valence-electron chi connectivity index (χ1n) is 6.59. The molecule has 0 aromatic heterocycles. The summed E-state index contributed by atoms with van der Waals surface area (Å²) >= 11 is 0. The van der Waals surface area contributed by atoms with Gasteiger partial charge in [0.1, 0.15) is 0 Å². The van der Waals surface area contributed by atoms with Crippen LogP contribution < -0.4 is 15.2 Å². The molecule has 0 aliphatic rings. The molecule has 0 fully saturated rings. The lowest BCUT2D eigenvalue weighted by atomic mass is 9.86. The maximum absolute atomic E-state index is 11.9. The van der Waals surface area contributed by atoms with Crippen LogP contribution in [0.5, 0.6) is 5.75 Å². The van der Waals surface area contributed by atoms with Crippen molar-refractivity contribution in [3.63, 3.8) is 0 Å². The van der Waals surface area contributed by atoms with E-state index in [1.807, 2.05) is 33.8 Å². The Kier molecular flexibility index (Phi) is 4.91. The Labute approximate surface area is 121 Å². The smallest absolute Gasteiger partial charge is 0.232 e. The molecule has 0 saturated carbocycles. The van der Waals surface area contributed by atoms with Gasteiger partial charge < -0.3 is 10.5 Å². The van der Waals surface area contributed by atoms with Crippen molar-refractivity contribution in [1.29, 1.82) is 0 Å². The molecule has 114 valence electrons. The zero-order valence-electron chi connectivity index (χ0n) is 12.8. The van der Waals surface area contributed by atoms with E-state index in [-0.39, 0.29) is 11.2 Å². The van der Waals surface area contributed by atoms with E-state index in [2.05, 4.69) is 4.72 Å². The molecule has 20 heavy (non-hydrogen) atoms. The third kappa shape index (κ3) is 4.03. The molecule has 1 rings (SSSR count). The first-order chi connectivity index (χ1) is 9.10. The molecule has 0 radical (unpaired) electrons. The van der Waals surface area contributed by atoms with E-state index in [9.17, 15) is 8.42 Å². The first kappa shape index (κ1) is 16.6. The van der Waals surface area contributed by atoms with E-state index in [1.54, 1.807) is 6.07 Å². The highest BCUT2D eigenvalue weighted by Gasteiger charge is 2.20. The highest BCUT2D eigenvalue weighted by Crippen LogP contribution is 2.37. The molecule has 0 saturated heterocycles. The Hall–Kier alpha value is -1.43. The summed E-state index contributed by atoms with van der Waals surface area (Å²) in [6, 6.07) is 3.60. The fraction of sp³-hybridized carbons (Fsp3) is 0.571. The topological polar surface area (TPSA) is 81.4 Å². The third-order valence-corrected chi connectivity index (χ3v) is 4.40. The predicted molar refractivity (Wildman–Crippen MR) is 83.8 cm³/mol. The van der Waals surface area contributed by atoms with Crippen LogP contribution >= 0.6 is 0 Å². The van der Waals surface area contributed by atoms with Crippen molar-refractivity contribution in [2.75, 3.05) is 23.3 Å². The van der Waals surface area contributed by atoms with Crippen LogP contribution in [-0.4, -0.2) is 21.3 Å². The van der Waals surface area contributed by atoms with Crippen LogP contribution in [-0.2, 0) is 15.4 Å². The van der Waals surface area contributed by atoms with E-state index in [1.165, 1.54) is 7.11 Å². The van der Waals surface area contributed by atoms with Crippen molar-refractivity contribution in [2.45, 2.75) is 39.5 Å². The number of nitrogens with two attached hydrogens (primary N) is 1. The quantitative estimate of drug-likeness (QED) is 0.819. The molecule has 0 amide bonds. The van der Waals surface area contributed by atoms with Gasteiger partial charge in [-0.25, -0.2) is 8.42 Å². The number of ether oxygens (including phenoxy) is 1. The summed E-state index contributed by atoms with van der Waals surface area (Å²) in [5, 5.41) is 0. The van der Waals surface area contributed by atoms with Crippen LogP contribution in [0.3, 0.4) is 0 Å². The van der Waals surface area contributed by atoms with Gasteiger partial charge in [0.15, 0.2) is 5.75 Å². The average Bonchev–Trinajstić information content (AvgIpc) is 2.26. The first-order valence-corrected chi connectivity index (χ1v) is 8.24. The van der Waals surface area contributed by atoms with E-state index in [4.69, 9.17) is 10.5 Å². The van der Waals surface area contributed by atoms with Crippen molar-refractivity contribution >= 4 is 21.4 Å². The standard InChI is InChI=1S/C14H24N2O3S/c1-6-7-20(17,18)16-12-9-10(14(2,3)4)8-11(15)13(12)19-5/h8-9,16H,6-7,15H2,1-5H3. The summed E-state index contributed by atoms with van der Waals surface area (Å²) in [4.78, 5) is 0. The average molecular weight is 300 g/mol. The normalized spacial score (nSPS) is 12.2. The number of nitrogens with one attached hydrogen (secondary N) is 1. The number of anilines is 2. The molecule has 0 aliphatic carbocycles. The van der Waals surface area contributed by atoms with Gasteiger partial charge in [-0.3, -0.25) is 4.72 Å². The summed E-state index contributed by atoms with van der Waals surface area (Å²) in [6.45, 7) is 7.94. The van der Waals surface area contributed by atoms with Gasteiger partial charge in [-0.05, 0) is 29.5 Å². The van der Waals surface area contributed by atoms with Crippen molar-refractivity contribution in [3.05, 3.63) is 17.7 Å². The van der Waals surface area contributed by atoms with Crippen LogP contribution in [0.25, 0.3) is 0 Å². The minimum absolute atomic E-state index is 0.0653. The summed E-state index contributed by atoms with van der Waals surface area (Å²) in [5.41, 5.74) is 7.60. The lowest BCUT2D eigenvalue weighted by Crippen LogP contribution is -2.18. The Morgan fingerprint density at radius 3 is 2.35 bits per heavy atom. The SMILES string of the molecule is CCCS(=O)(=O)Nc1cc(C(C)(C)C)cc(N)c1OC. The highest BCUT2D eigenvalue weighted by molar-refractivity contribution is 7.92. The second kappa shape index (κ2) is 5.91. The van der Waals surface area contributed by atoms with E-state index in [0.29, 0.717) is 23.5 Å². The van der Waals surface area contributed by atoms with Gasteiger partial charge in [0.2, 0.25) is 10.0 Å². The number of hydrogen-bond acceptors (Lipinski definition) is 4. The van der Waals surface area contributed by atoms with E-state index < -0.39 is 10.0 Å². The molecule has 0 aliphatic heterocycles. The molecule has 1 aromatic rings. The van der Waals surface area contributed by atoms with Crippen molar-refractivity contribution < 1.29 is 13.2 Å². The number of benzene rings is 1. The number of nitrogen functional groups attached to an aromatic ring is 1. The second-order valence-corrected chi connectivity index (χ2v) is 7.66. The number of hydrogen-bond donors (Lipinski definition) is 2. The van der Waals surface area contributed by atoms with Gasteiger partial charge in [-0.1, -0.05) is 27.7 Å². The Morgan fingerprint density at radius 2 is 1.90 bits per heavy atom. The van der Waals surface area contributed by atoms with Gasteiger partial charge in [-0.15, -0.1) is 0 Å². The highest BCUT2D eigenvalue weighted by atomic mass is 32.2. The summed E-state index contributed by atoms with van der Waals surface area (Å²) in [7, 11) is -1.91. The molecule has 0 atom stereocenters. The van der Waals surface area contributed by atoms with Crippen molar-refractivity contribution in [2.24, 2.45) is 0 Å². The monoisotopic (exact) mass is 300 g/mol. The molecule has 0 heterocycles. The van der Waals surface area contributed by atoms with Crippen molar-refractivity contribution in [3.8, 4) is 5.75 Å². The van der Waals surface area contributed by atoms with Gasteiger partial charge in [0, 0.05) is 0 Å². The maximum Gasteiger partial charge on any atom is 0.232 e. The van der Waals surface area contributed by atoms with Gasteiger partial charge in [0.05, 0.1) is 24.2 Å². The summed E-state index contributed by atoms with van der Waals surface area (Å²) in [5.74, 6) is 0.424. The number of rotatable bonds is 5. The zero-order chi connectivity index (χ0) is 15.6. The Balaban J connectivity index is 3.33. The largest absolute Gasteiger partial charge is 0.492 e. The number of methoxy groups -OCH3 is 1. The molecule has 0 unspecified atom stereocenters. The zero-order valence-corrected chi connectivity index (χ0v) is 13.6. The van der Waals surface area contributed by atoms with Crippen LogP contribution in [0.2, 0.25) is 0 Å². The Bertz CT molecular complexity index is 575. The van der Waals surface area contributed by atoms with Crippen LogP contribution in [0.15, 0.2) is 12.1 Å². The van der Waals surface area contributed by atoms with E-state index in [0.717, 1.165) is 5.56 Å². The van der Waals surface area contributed by atoms with Gasteiger partial charge in [-0.2, -0.15) is 0 Å². The lowest BCUT2D eigenvalue weighted by molar-refractivity contribution is 0.418. The third-order valence-electron chi connectivity index (χ3n) is 2.93. The number of sulfonamides is 1. The Morgan fingerprint density at radius 1 is 1.30 bits per heavy atom. The minimum atomic E-state index is -3.38. The maximum atomic E-state index is 11.9. The molecule has 1 aromatic carbocycles. The lowest BCUT2D eigenvalue weighted by Gasteiger charge is -2.22. The molecule has 0 bridgehead atoms. The van der Waals surface area contributed by atoms with E-state index >= 15 is 0 Å². The predicted octanol–water partition coefficient (Wildman–Crippen LogP) is 2.73. The van der Waals surface area contributed by atoms with Gasteiger partial charge >= 0.3 is 0 Å². The van der Waals surface area contributed by atoms with Crippen LogP contribution in [0, 0.1) is 0 Å². The fourth-order valence-corrected chi connectivity index (χ4v) is 3.00. The van der Waals surface area contributed by atoms with Gasteiger partial charge in [0.25, 0.3) is 0 Å². The van der Waals surface area contributed by atoms with Crippen LogP contribution in [0.1, 0.15) is 39.7 Å². The molecular formula is C14H24N2O3S. The molecule has 6 heteroatoms. The second-order valence-electron chi connectivity index (χ2n) is 5.82. The molecule has 3 N–H and O–H groups in total.